The van der Waals surface area contributed by atoms with Crippen molar-refractivity contribution >= 4 is 35.2 Å². The molecule has 70 heavy (non-hydrogen) atoms. The van der Waals surface area contributed by atoms with Crippen LogP contribution in [0, 0.1) is 0 Å². The van der Waals surface area contributed by atoms with Crippen LogP contribution < -0.4 is 25.0 Å². The second-order valence-corrected chi connectivity index (χ2v) is 18.1. The molecule has 0 aromatic carbocycles. The molecule has 10 heterocycles. The van der Waals surface area contributed by atoms with E-state index >= 15 is 0 Å². The van der Waals surface area contributed by atoms with Crippen LogP contribution in [-0.4, -0.2) is 114 Å². The average molecular weight is 985 g/mol. The number of anilines is 6. The Labute approximate surface area is 393 Å². The predicted octanol–water partition coefficient (Wildman–Crippen LogP) is 7.86. The highest BCUT2D eigenvalue weighted by Crippen LogP contribution is 2.38. The quantitative estimate of drug-likeness (QED) is 0.0763. The number of likely N-dealkylation sites (tertiary alicyclic amines) is 2. The van der Waals surface area contributed by atoms with E-state index in [1.807, 2.05) is 6.20 Å². The van der Waals surface area contributed by atoms with Crippen molar-refractivity contribution in [3.63, 3.8) is 0 Å². The van der Waals surface area contributed by atoms with Crippen LogP contribution in [-0.2, 0) is 25.4 Å². The molecule has 4 fully saturated rings. The van der Waals surface area contributed by atoms with Gasteiger partial charge in [0.15, 0.2) is 0 Å². The number of H-pyrrole nitrogens is 1. The largest absolute Gasteiger partial charge is 0.416 e. The average Bonchev–Trinajstić information content (AvgIpc) is 4.00. The molecule has 1 unspecified atom stereocenters. The van der Waals surface area contributed by atoms with Crippen LogP contribution in [0.1, 0.15) is 64.7 Å². The Balaban J connectivity index is 0.840. The number of halogens is 10. The molecule has 4 saturated heterocycles. The summed E-state index contributed by atoms with van der Waals surface area (Å²) in [6.07, 6.45) is 0.401. The molecule has 4 aliphatic heterocycles. The summed E-state index contributed by atoms with van der Waals surface area (Å²) in [7, 11) is 0. The van der Waals surface area contributed by atoms with E-state index in [9.17, 15) is 43.9 Å². The molecule has 0 bridgehead atoms. The molecule has 3 N–H and O–H groups in total. The molecule has 0 saturated carbocycles. The van der Waals surface area contributed by atoms with Crippen LogP contribution in [0.5, 0.6) is 0 Å². The van der Waals surface area contributed by atoms with Gasteiger partial charge in [-0.05, 0) is 73.7 Å². The highest BCUT2D eigenvalue weighted by atomic mass is 19.4. The Kier molecular flexibility index (Phi) is 12.2. The smallest absolute Gasteiger partial charge is 0.329 e. The molecule has 10 rings (SSSR count). The first kappa shape index (κ1) is 46.9. The number of rotatable bonds is 13. The first-order chi connectivity index (χ1) is 33.3. The fourth-order valence-electron chi connectivity index (χ4n) is 9.06. The number of pyridine rings is 3. The molecule has 0 spiro atoms. The number of aromatic amines is 1. The number of nitrogens with zero attached hydrogens (tertiary/aromatic N) is 12. The minimum absolute atomic E-state index is 0.00476. The van der Waals surface area contributed by atoms with Crippen molar-refractivity contribution in [2.24, 2.45) is 0 Å². The molecule has 15 nitrogen and oxygen atoms in total. The molecule has 368 valence electrons. The van der Waals surface area contributed by atoms with Gasteiger partial charge in [0, 0.05) is 73.7 Å². The Morgan fingerprint density at radius 3 is 1.74 bits per heavy atom. The number of aromatic nitrogens is 9. The van der Waals surface area contributed by atoms with Gasteiger partial charge < -0.3 is 20.4 Å². The van der Waals surface area contributed by atoms with E-state index < -0.39 is 61.5 Å². The second-order valence-electron chi connectivity index (χ2n) is 18.1. The molecule has 0 aliphatic carbocycles. The molecule has 0 amide bonds. The Morgan fingerprint density at radius 1 is 0.614 bits per heavy atom. The Morgan fingerprint density at radius 2 is 1.16 bits per heavy atom. The first-order valence-corrected chi connectivity index (χ1v) is 22.4. The van der Waals surface area contributed by atoms with Gasteiger partial charge in [0.1, 0.15) is 17.5 Å². The van der Waals surface area contributed by atoms with E-state index in [0.29, 0.717) is 56.8 Å². The van der Waals surface area contributed by atoms with E-state index in [4.69, 9.17) is 0 Å². The molecule has 0 radical (unpaired) electrons. The SMILES string of the molecule is FC1(F)CN(c2nc(Nc3cc(C(F)(F)F)ccn3)cc(C3CCN(Cc4cc[n+](-c5cc(C(F)(F)F)cc(Nc6cc(C7CCN(Cc8cn[nH]c8)CC7)nc(N7CC(F)(F)C7)n6)n5)cc4)C3)n2)C1. The van der Waals surface area contributed by atoms with Crippen LogP contribution in [0.3, 0.4) is 0 Å². The zero-order valence-electron chi connectivity index (χ0n) is 37.0. The van der Waals surface area contributed by atoms with Gasteiger partial charge in [-0.3, -0.25) is 14.9 Å². The highest BCUT2D eigenvalue weighted by Gasteiger charge is 2.47. The summed E-state index contributed by atoms with van der Waals surface area (Å²) in [6, 6.07) is 10.1. The number of nitrogens with one attached hydrogen (secondary N) is 3. The normalized spacial score (nSPS) is 19.8. The fraction of sp³-hybridized carbons (Fsp3) is 0.422. The molecule has 6 aromatic heterocycles. The van der Waals surface area contributed by atoms with Gasteiger partial charge in [-0.1, -0.05) is 0 Å². The van der Waals surface area contributed by atoms with Crippen molar-refractivity contribution in [1.29, 1.82) is 0 Å². The van der Waals surface area contributed by atoms with Crippen LogP contribution in [0.15, 0.2) is 79.5 Å². The van der Waals surface area contributed by atoms with E-state index in [2.05, 4.69) is 60.5 Å². The third-order valence-electron chi connectivity index (χ3n) is 12.7. The number of hydrogen-bond acceptors (Lipinski definition) is 13. The third kappa shape index (κ3) is 10.8. The minimum atomic E-state index is -4.76. The lowest BCUT2D eigenvalue weighted by Gasteiger charge is -2.39. The topological polar surface area (TPSA) is 147 Å². The van der Waals surface area contributed by atoms with Gasteiger partial charge in [0.25, 0.3) is 11.8 Å². The van der Waals surface area contributed by atoms with Crippen LogP contribution >= 0.6 is 0 Å². The predicted molar refractivity (Wildman–Crippen MR) is 233 cm³/mol. The molecular weight excluding hydrogens is 941 g/mol. The highest BCUT2D eigenvalue weighted by molar-refractivity contribution is 5.58. The van der Waals surface area contributed by atoms with E-state index in [0.717, 1.165) is 54.7 Å². The van der Waals surface area contributed by atoms with E-state index in [1.54, 1.807) is 42.9 Å². The Bertz CT molecular complexity index is 2800. The summed E-state index contributed by atoms with van der Waals surface area (Å²) in [5.41, 5.74) is 1.03. The molecule has 1 atom stereocenters. The van der Waals surface area contributed by atoms with Crippen molar-refractivity contribution in [2.45, 2.75) is 68.4 Å². The van der Waals surface area contributed by atoms with Gasteiger partial charge in [0.2, 0.25) is 17.7 Å². The van der Waals surface area contributed by atoms with Crippen LogP contribution in [0.2, 0.25) is 0 Å². The van der Waals surface area contributed by atoms with Crippen molar-refractivity contribution in [3.8, 4) is 5.82 Å². The lowest BCUT2D eigenvalue weighted by molar-refractivity contribution is -0.599. The number of hydrogen-bond donors (Lipinski definition) is 3. The van der Waals surface area contributed by atoms with Gasteiger partial charge in [-0.15, -0.1) is 0 Å². The summed E-state index contributed by atoms with van der Waals surface area (Å²) >= 11 is 0. The molecule has 4 aliphatic rings. The summed E-state index contributed by atoms with van der Waals surface area (Å²) < 4.78 is 141. The van der Waals surface area contributed by atoms with Gasteiger partial charge in [-0.2, -0.15) is 41.4 Å². The van der Waals surface area contributed by atoms with Gasteiger partial charge in [-0.25, -0.2) is 37.1 Å². The lowest BCUT2D eigenvalue weighted by atomic mass is 9.93. The number of piperidine rings is 1. The maximum Gasteiger partial charge on any atom is 0.416 e. The first-order valence-electron chi connectivity index (χ1n) is 22.4. The summed E-state index contributed by atoms with van der Waals surface area (Å²) in [5, 5.41) is 12.5. The van der Waals surface area contributed by atoms with Crippen molar-refractivity contribution in [3.05, 3.63) is 113 Å². The number of alkyl halides is 10. The van der Waals surface area contributed by atoms with E-state index in [1.165, 1.54) is 14.4 Å². The van der Waals surface area contributed by atoms with Crippen molar-refractivity contribution in [2.75, 3.05) is 72.8 Å². The molecule has 25 heteroatoms. The lowest BCUT2D eigenvalue weighted by Crippen LogP contribution is -2.57. The fourth-order valence-corrected chi connectivity index (χ4v) is 9.06. The Hall–Kier alpha value is -6.76. The van der Waals surface area contributed by atoms with Crippen LogP contribution in [0.25, 0.3) is 5.82 Å². The van der Waals surface area contributed by atoms with Gasteiger partial charge in [0.05, 0.1) is 67.3 Å². The zero-order chi connectivity index (χ0) is 49.0. The van der Waals surface area contributed by atoms with Crippen LogP contribution in [0.4, 0.5) is 79.1 Å². The monoisotopic (exact) mass is 984 g/mol. The summed E-state index contributed by atoms with van der Waals surface area (Å²) in [4.78, 5) is 33.5. The zero-order valence-corrected chi connectivity index (χ0v) is 37.0. The molecular formula is C45H44F10N15+. The maximum absolute atomic E-state index is 14.4. The minimum Gasteiger partial charge on any atom is -0.329 e. The van der Waals surface area contributed by atoms with Crippen molar-refractivity contribution < 1.29 is 48.5 Å². The third-order valence-corrected chi connectivity index (χ3v) is 12.7. The maximum atomic E-state index is 14.4. The molecule has 6 aromatic rings. The van der Waals surface area contributed by atoms with Crippen molar-refractivity contribution in [1.82, 2.24) is 49.9 Å². The van der Waals surface area contributed by atoms with Gasteiger partial charge >= 0.3 is 18.2 Å². The summed E-state index contributed by atoms with van der Waals surface area (Å²) in [5.74, 6) is -6.24. The standard InChI is InChI=1S/C45H44F10N15/c46-42(47)23-69(24-42)40-59-33(29-4-8-66(9-5-29)21-28-18-57-58-19-28)16-38(65-40)62-36-14-32(45(53,54)55)15-39(63-36)68-11-2-27(3-12-68)20-67-10-6-30(22-67)34-17-37(64-41(60-34)70-25-43(48,49)26-70)61-35-13-31(1-7-56-35)44(50,51)52/h1-3,7,11-19,29-30H,4-6,8-10,20-26H2,(H,57,58)(H,56,60,61,64)(H,59,62,63,65)/q+1. The van der Waals surface area contributed by atoms with E-state index in [-0.39, 0.29) is 52.8 Å². The second kappa shape index (κ2) is 18.2. The summed E-state index contributed by atoms with van der Waals surface area (Å²) in [6.45, 7) is 1.28.